The number of halogens is 1. The summed E-state index contributed by atoms with van der Waals surface area (Å²) in [6, 6.07) is 16.3. The van der Waals surface area contributed by atoms with E-state index < -0.39 is 0 Å². The van der Waals surface area contributed by atoms with Gasteiger partial charge in [-0.3, -0.25) is 0 Å². The Balaban J connectivity index is 2.39. The van der Waals surface area contributed by atoms with E-state index in [9.17, 15) is 0 Å². The van der Waals surface area contributed by atoms with Gasteiger partial charge in [0.2, 0.25) is 0 Å². The fourth-order valence-corrected chi connectivity index (χ4v) is 3.13. The maximum absolute atomic E-state index is 6.52. The summed E-state index contributed by atoms with van der Waals surface area (Å²) >= 11 is 6.52. The van der Waals surface area contributed by atoms with Crippen LogP contribution in [-0.4, -0.2) is 7.85 Å². The van der Waals surface area contributed by atoms with Crippen molar-refractivity contribution in [3.05, 3.63) is 53.6 Å². The summed E-state index contributed by atoms with van der Waals surface area (Å²) in [6.07, 6.45) is 0. The fraction of sp³-hybridized carbons (Fsp3) is 0. The second-order valence-corrected chi connectivity index (χ2v) is 5.16. The van der Waals surface area contributed by atoms with Crippen molar-refractivity contribution in [3.63, 3.8) is 0 Å². The van der Waals surface area contributed by atoms with Gasteiger partial charge in [0.15, 0.2) is 5.58 Å². The van der Waals surface area contributed by atoms with E-state index in [1.807, 2.05) is 36.4 Å². The van der Waals surface area contributed by atoms with Crippen LogP contribution in [-0.2, 0) is 0 Å². The lowest BCUT2D eigenvalue weighted by molar-refractivity contribution is 0.669. The van der Waals surface area contributed by atoms with Crippen LogP contribution in [0.2, 0.25) is 5.02 Å². The topological polar surface area (TPSA) is 13.1 Å². The van der Waals surface area contributed by atoms with Gasteiger partial charge in [-0.15, -0.1) is 0 Å². The first-order valence-corrected chi connectivity index (χ1v) is 6.63. The molecule has 0 bridgehead atoms. The lowest BCUT2D eigenvalue weighted by Crippen LogP contribution is -2.05. The summed E-state index contributed by atoms with van der Waals surface area (Å²) in [7, 11) is 2.13. The monoisotopic (exact) mass is 264 g/mol. The molecule has 0 amide bonds. The molecule has 0 aliphatic heterocycles. The highest BCUT2D eigenvalue weighted by atomic mass is 35.5. The Bertz CT molecular complexity index is 940. The summed E-state index contributed by atoms with van der Waals surface area (Å²) in [6.45, 7) is 0. The van der Waals surface area contributed by atoms with Gasteiger partial charge in [0.05, 0.1) is 5.02 Å². The number of para-hydroxylation sites is 1. The van der Waals surface area contributed by atoms with Crippen molar-refractivity contribution in [3.8, 4) is 0 Å². The van der Waals surface area contributed by atoms with E-state index in [-0.39, 0.29) is 0 Å². The Hall–Kier alpha value is -1.93. The van der Waals surface area contributed by atoms with Crippen molar-refractivity contribution >= 4 is 57.6 Å². The minimum atomic E-state index is 0.701. The third-order valence-corrected chi connectivity index (χ3v) is 4.11. The van der Waals surface area contributed by atoms with Crippen molar-refractivity contribution in [2.75, 3.05) is 0 Å². The minimum absolute atomic E-state index is 0.701. The summed E-state index contributed by atoms with van der Waals surface area (Å²) in [5.74, 6) is 0. The Morgan fingerprint density at radius 1 is 0.842 bits per heavy atom. The van der Waals surface area contributed by atoms with E-state index in [1.165, 1.54) is 10.8 Å². The summed E-state index contributed by atoms with van der Waals surface area (Å²) < 4.78 is 5.94. The van der Waals surface area contributed by atoms with Crippen LogP contribution in [0.25, 0.3) is 32.7 Å². The SMILES string of the molecule is Bc1c2ccccc2c(Cl)c2oc3ccccc3c12. The predicted octanol–water partition coefficient (Wildman–Crippen LogP) is 3.65. The summed E-state index contributed by atoms with van der Waals surface area (Å²) in [4.78, 5) is 0. The molecular weight excluding hydrogens is 254 g/mol. The Morgan fingerprint density at radius 3 is 2.26 bits per heavy atom. The average molecular weight is 265 g/mol. The van der Waals surface area contributed by atoms with Crippen LogP contribution in [0.4, 0.5) is 0 Å². The molecule has 19 heavy (non-hydrogen) atoms. The third kappa shape index (κ3) is 1.38. The molecule has 0 fully saturated rings. The van der Waals surface area contributed by atoms with Gasteiger partial charge in [0.1, 0.15) is 13.4 Å². The highest BCUT2D eigenvalue weighted by Gasteiger charge is 2.15. The van der Waals surface area contributed by atoms with Gasteiger partial charge in [-0.2, -0.15) is 0 Å². The molecule has 1 aromatic heterocycles. The van der Waals surface area contributed by atoms with E-state index in [1.54, 1.807) is 0 Å². The normalized spacial score (nSPS) is 11.6. The van der Waals surface area contributed by atoms with E-state index in [0.29, 0.717) is 5.02 Å². The largest absolute Gasteiger partial charge is 0.454 e. The number of furan rings is 1. The Labute approximate surface area is 116 Å². The minimum Gasteiger partial charge on any atom is -0.454 e. The lowest BCUT2D eigenvalue weighted by atomic mass is 9.86. The smallest absolute Gasteiger partial charge is 0.154 e. The molecular formula is C16H10BClO. The standard InChI is InChI=1S/C16H10BClO/c17-14-9-5-1-2-6-10(9)15(18)16-13(14)11-7-3-4-8-12(11)19-16/h1-8H,17H2. The van der Waals surface area contributed by atoms with Gasteiger partial charge in [0.25, 0.3) is 0 Å². The molecule has 3 aromatic carbocycles. The lowest BCUT2D eigenvalue weighted by Gasteiger charge is -2.06. The van der Waals surface area contributed by atoms with Crippen LogP contribution in [0, 0.1) is 0 Å². The molecule has 0 saturated carbocycles. The molecule has 4 rings (SSSR count). The van der Waals surface area contributed by atoms with Crippen molar-refractivity contribution in [1.29, 1.82) is 0 Å². The van der Waals surface area contributed by atoms with Crippen LogP contribution in [0.15, 0.2) is 52.9 Å². The van der Waals surface area contributed by atoms with E-state index >= 15 is 0 Å². The molecule has 0 radical (unpaired) electrons. The van der Waals surface area contributed by atoms with Crippen molar-refractivity contribution in [2.24, 2.45) is 0 Å². The molecule has 3 heteroatoms. The average Bonchev–Trinajstić information content (AvgIpc) is 2.84. The first-order chi connectivity index (χ1) is 9.27. The molecule has 0 aliphatic carbocycles. The zero-order valence-corrected chi connectivity index (χ0v) is 11.2. The number of hydrogen-bond acceptors (Lipinski definition) is 1. The van der Waals surface area contributed by atoms with E-state index in [2.05, 4.69) is 20.0 Å². The maximum Gasteiger partial charge on any atom is 0.154 e. The second-order valence-electron chi connectivity index (χ2n) is 4.79. The second kappa shape index (κ2) is 3.78. The van der Waals surface area contributed by atoms with E-state index in [0.717, 1.165) is 27.3 Å². The molecule has 4 aromatic rings. The quantitative estimate of drug-likeness (QED) is 0.442. The fourth-order valence-electron chi connectivity index (χ4n) is 2.83. The zero-order chi connectivity index (χ0) is 13.0. The van der Waals surface area contributed by atoms with Crippen LogP contribution in [0.3, 0.4) is 0 Å². The van der Waals surface area contributed by atoms with Gasteiger partial charge in [-0.05, 0) is 11.5 Å². The van der Waals surface area contributed by atoms with Crippen LogP contribution in [0.1, 0.15) is 0 Å². The van der Waals surface area contributed by atoms with Gasteiger partial charge >= 0.3 is 0 Å². The van der Waals surface area contributed by atoms with Crippen molar-refractivity contribution in [2.45, 2.75) is 0 Å². The van der Waals surface area contributed by atoms with Crippen LogP contribution in [0.5, 0.6) is 0 Å². The molecule has 0 saturated heterocycles. The van der Waals surface area contributed by atoms with Gasteiger partial charge in [-0.1, -0.05) is 59.5 Å². The third-order valence-electron chi connectivity index (χ3n) is 3.74. The van der Waals surface area contributed by atoms with Crippen LogP contribution >= 0.6 is 11.6 Å². The van der Waals surface area contributed by atoms with Crippen molar-refractivity contribution < 1.29 is 4.42 Å². The zero-order valence-electron chi connectivity index (χ0n) is 10.4. The molecule has 0 spiro atoms. The first kappa shape index (κ1) is 10.9. The van der Waals surface area contributed by atoms with Gasteiger partial charge in [-0.25, -0.2) is 0 Å². The molecule has 1 nitrogen and oxygen atoms in total. The Kier molecular flexibility index (Phi) is 2.18. The molecule has 0 aliphatic rings. The van der Waals surface area contributed by atoms with Gasteiger partial charge in [0, 0.05) is 16.2 Å². The number of rotatable bonds is 0. The molecule has 1 heterocycles. The summed E-state index contributed by atoms with van der Waals surface area (Å²) in [5, 5.41) is 5.19. The van der Waals surface area contributed by atoms with E-state index in [4.69, 9.17) is 16.0 Å². The highest BCUT2D eigenvalue weighted by Crippen LogP contribution is 2.36. The van der Waals surface area contributed by atoms with Crippen LogP contribution < -0.4 is 5.46 Å². The highest BCUT2D eigenvalue weighted by molar-refractivity contribution is 6.52. The molecule has 0 atom stereocenters. The molecule has 90 valence electrons. The first-order valence-electron chi connectivity index (χ1n) is 6.25. The molecule has 0 N–H and O–H groups in total. The number of fused-ring (bicyclic) bond motifs is 4. The number of hydrogen-bond donors (Lipinski definition) is 0. The number of benzene rings is 3. The molecule has 0 unspecified atom stereocenters. The van der Waals surface area contributed by atoms with Crippen molar-refractivity contribution in [1.82, 2.24) is 0 Å². The predicted molar refractivity (Wildman–Crippen MR) is 84.4 cm³/mol. The van der Waals surface area contributed by atoms with Gasteiger partial charge < -0.3 is 4.42 Å². The Morgan fingerprint density at radius 2 is 1.47 bits per heavy atom. The maximum atomic E-state index is 6.52. The summed E-state index contributed by atoms with van der Waals surface area (Å²) in [5.41, 5.74) is 2.90.